The van der Waals surface area contributed by atoms with Crippen molar-refractivity contribution in [2.75, 3.05) is 11.5 Å². The van der Waals surface area contributed by atoms with E-state index in [0.717, 1.165) is 11.3 Å². The molecule has 2 heterocycles. The summed E-state index contributed by atoms with van der Waals surface area (Å²) in [4.78, 5) is 17.5. The van der Waals surface area contributed by atoms with Gasteiger partial charge in [0.05, 0.1) is 17.2 Å². The second-order valence-corrected chi connectivity index (χ2v) is 6.05. The Bertz CT molecular complexity index is 545. The maximum absolute atomic E-state index is 11.4. The van der Waals surface area contributed by atoms with Crippen LogP contribution in [0, 0.1) is 6.92 Å². The van der Waals surface area contributed by atoms with Crippen molar-refractivity contribution >= 4 is 9.84 Å². The van der Waals surface area contributed by atoms with Crippen LogP contribution in [0.4, 0.5) is 0 Å². The molecule has 15 heavy (non-hydrogen) atoms. The number of aromatic nitrogens is 2. The van der Waals surface area contributed by atoms with Crippen molar-refractivity contribution in [2.45, 2.75) is 19.8 Å². The van der Waals surface area contributed by atoms with Crippen LogP contribution in [-0.2, 0) is 22.7 Å². The number of hydrogen-bond acceptors (Lipinski definition) is 4. The number of H-pyrrole nitrogens is 1. The predicted octanol–water partition coefficient (Wildman–Crippen LogP) is -0.408. The molecule has 1 N–H and O–H groups in total. The van der Waals surface area contributed by atoms with Gasteiger partial charge in [-0.05, 0) is 18.9 Å². The smallest absolute Gasteiger partial charge is 0.310 e. The zero-order chi connectivity index (χ0) is 11.1. The molecule has 6 heteroatoms. The van der Waals surface area contributed by atoms with Gasteiger partial charge in [-0.25, -0.2) is 13.2 Å². The van der Waals surface area contributed by atoms with E-state index in [4.69, 9.17) is 0 Å². The molecule has 0 atom stereocenters. The number of nitrogens with one attached hydrogen (secondary N) is 1. The minimum absolute atomic E-state index is 0.0931. The van der Waals surface area contributed by atoms with Crippen LogP contribution in [0.2, 0.25) is 0 Å². The van der Waals surface area contributed by atoms with Crippen LogP contribution in [-0.4, -0.2) is 29.9 Å². The molecule has 0 bridgehead atoms. The van der Waals surface area contributed by atoms with Crippen molar-refractivity contribution in [3.05, 3.63) is 27.4 Å². The molecule has 0 unspecified atom stereocenters. The van der Waals surface area contributed by atoms with Crippen LogP contribution >= 0.6 is 0 Å². The Morgan fingerprint density at radius 2 is 1.93 bits per heavy atom. The van der Waals surface area contributed by atoms with Crippen molar-refractivity contribution in [3.63, 3.8) is 0 Å². The van der Waals surface area contributed by atoms with Gasteiger partial charge in [0.15, 0.2) is 9.84 Å². The van der Waals surface area contributed by atoms with E-state index in [1.54, 1.807) is 6.92 Å². The van der Waals surface area contributed by atoms with Gasteiger partial charge in [-0.15, -0.1) is 0 Å². The molecule has 0 fully saturated rings. The van der Waals surface area contributed by atoms with Gasteiger partial charge in [0, 0.05) is 12.1 Å². The topological polar surface area (TPSA) is 79.9 Å². The summed E-state index contributed by atoms with van der Waals surface area (Å²) in [7, 11) is -2.97. The number of fused-ring (bicyclic) bond motifs is 1. The third-order valence-corrected chi connectivity index (χ3v) is 4.30. The van der Waals surface area contributed by atoms with Gasteiger partial charge in [0.2, 0.25) is 0 Å². The fourth-order valence-electron chi connectivity index (χ4n) is 1.82. The molecule has 1 aliphatic heterocycles. The van der Waals surface area contributed by atoms with Crippen molar-refractivity contribution in [3.8, 4) is 0 Å². The lowest BCUT2D eigenvalue weighted by Gasteiger charge is -2.05. The van der Waals surface area contributed by atoms with Crippen molar-refractivity contribution < 1.29 is 8.42 Å². The highest BCUT2D eigenvalue weighted by molar-refractivity contribution is 7.91. The van der Waals surface area contributed by atoms with Gasteiger partial charge in [-0.2, -0.15) is 4.98 Å². The third-order valence-electron chi connectivity index (χ3n) is 2.64. The Kier molecular flexibility index (Phi) is 2.38. The molecule has 5 nitrogen and oxygen atoms in total. The monoisotopic (exact) mass is 228 g/mol. The Labute approximate surface area is 87.5 Å². The van der Waals surface area contributed by atoms with E-state index in [1.807, 2.05) is 0 Å². The van der Waals surface area contributed by atoms with E-state index in [0.29, 0.717) is 18.5 Å². The van der Waals surface area contributed by atoms with Crippen LogP contribution < -0.4 is 5.69 Å². The molecular formula is C9H12N2O3S. The Morgan fingerprint density at radius 3 is 2.67 bits per heavy atom. The molecule has 0 saturated carbocycles. The Balaban J connectivity index is 2.53. The molecule has 0 aromatic carbocycles. The second-order valence-electron chi connectivity index (χ2n) is 3.74. The lowest BCUT2D eigenvalue weighted by molar-refractivity contribution is 0.596. The first-order chi connectivity index (χ1) is 6.98. The largest absolute Gasteiger partial charge is 0.345 e. The van der Waals surface area contributed by atoms with Crippen LogP contribution in [0.5, 0.6) is 0 Å². The van der Waals surface area contributed by atoms with Crippen LogP contribution in [0.1, 0.15) is 17.0 Å². The molecule has 0 aliphatic carbocycles. The summed E-state index contributed by atoms with van der Waals surface area (Å²) in [5.74, 6) is 0.241. The van der Waals surface area contributed by atoms with Crippen molar-refractivity contribution in [1.82, 2.24) is 9.97 Å². The first-order valence-electron chi connectivity index (χ1n) is 4.77. The number of hydrogen-bond donors (Lipinski definition) is 1. The molecular weight excluding hydrogens is 216 g/mol. The first kappa shape index (κ1) is 10.4. The van der Waals surface area contributed by atoms with Gasteiger partial charge < -0.3 is 4.98 Å². The molecule has 0 saturated heterocycles. The lowest BCUT2D eigenvalue weighted by Crippen LogP contribution is -2.17. The van der Waals surface area contributed by atoms with Crippen LogP contribution in [0.25, 0.3) is 0 Å². The number of aryl methyl sites for hydroxylation is 2. The predicted molar refractivity (Wildman–Crippen MR) is 55.7 cm³/mol. The summed E-state index contributed by atoms with van der Waals surface area (Å²) >= 11 is 0. The van der Waals surface area contributed by atoms with Gasteiger partial charge in [0.25, 0.3) is 0 Å². The van der Waals surface area contributed by atoms with Crippen molar-refractivity contribution in [2.24, 2.45) is 0 Å². The zero-order valence-electron chi connectivity index (χ0n) is 8.41. The summed E-state index contributed by atoms with van der Waals surface area (Å²) in [6.07, 6.45) is 0.801. The van der Waals surface area contributed by atoms with Gasteiger partial charge in [0.1, 0.15) is 0 Å². The van der Waals surface area contributed by atoms with E-state index < -0.39 is 15.5 Å². The van der Waals surface area contributed by atoms with E-state index in [9.17, 15) is 13.2 Å². The highest BCUT2D eigenvalue weighted by Crippen LogP contribution is 2.15. The van der Waals surface area contributed by atoms with E-state index in [2.05, 4.69) is 9.97 Å². The third kappa shape index (κ3) is 2.09. The van der Waals surface area contributed by atoms with E-state index in [1.165, 1.54) is 0 Å². The normalized spacial score (nSPS) is 19.3. The van der Waals surface area contributed by atoms with Gasteiger partial charge in [-0.3, -0.25) is 0 Å². The quantitative estimate of drug-likeness (QED) is 0.654. The summed E-state index contributed by atoms with van der Waals surface area (Å²) in [6.45, 7) is 1.78. The van der Waals surface area contributed by atoms with E-state index >= 15 is 0 Å². The molecule has 1 aromatic rings. The average molecular weight is 228 g/mol. The highest BCUT2D eigenvalue weighted by Gasteiger charge is 2.20. The van der Waals surface area contributed by atoms with Gasteiger partial charge >= 0.3 is 5.69 Å². The van der Waals surface area contributed by atoms with Crippen molar-refractivity contribution in [1.29, 1.82) is 0 Å². The minimum atomic E-state index is -2.97. The molecule has 2 rings (SSSR count). The highest BCUT2D eigenvalue weighted by atomic mass is 32.2. The van der Waals surface area contributed by atoms with E-state index in [-0.39, 0.29) is 11.5 Å². The SMILES string of the molecule is Cc1[nH]c(=O)nc2c1CCS(=O)(=O)CC2. The Hall–Kier alpha value is -1.17. The summed E-state index contributed by atoms with van der Waals surface area (Å²) in [5.41, 5.74) is 1.86. The number of aromatic amines is 1. The number of rotatable bonds is 0. The Morgan fingerprint density at radius 1 is 1.27 bits per heavy atom. The molecule has 0 amide bonds. The van der Waals surface area contributed by atoms with Crippen LogP contribution in [0.15, 0.2) is 4.79 Å². The summed E-state index contributed by atoms with van der Waals surface area (Å²) in [5, 5.41) is 0. The average Bonchev–Trinajstić information content (AvgIpc) is 2.26. The maximum atomic E-state index is 11.4. The first-order valence-corrected chi connectivity index (χ1v) is 6.59. The molecule has 1 aliphatic rings. The standard InChI is InChI=1S/C9H12N2O3S/c1-6-7-2-4-15(13,14)5-3-8(7)11-9(12)10-6/h2-5H2,1H3,(H,10,11,12). The maximum Gasteiger partial charge on any atom is 0.345 e. The molecule has 1 aromatic heterocycles. The fourth-order valence-corrected chi connectivity index (χ4v) is 3.04. The number of sulfone groups is 1. The molecule has 82 valence electrons. The molecule has 0 radical (unpaired) electrons. The van der Waals surface area contributed by atoms with Crippen LogP contribution in [0.3, 0.4) is 0 Å². The lowest BCUT2D eigenvalue weighted by atomic mass is 10.1. The fraction of sp³-hybridized carbons (Fsp3) is 0.556. The minimum Gasteiger partial charge on any atom is -0.310 e. The summed E-state index contributed by atoms with van der Waals surface area (Å²) in [6, 6.07) is 0. The second kappa shape index (κ2) is 3.44. The number of nitrogens with zero attached hydrogens (tertiary/aromatic N) is 1. The van der Waals surface area contributed by atoms with Gasteiger partial charge in [-0.1, -0.05) is 0 Å². The molecule has 0 spiro atoms. The summed E-state index contributed by atoms with van der Waals surface area (Å²) < 4.78 is 22.8. The zero-order valence-corrected chi connectivity index (χ0v) is 9.23.